The molecule has 0 saturated heterocycles. The number of benzene rings is 1. The molecule has 0 amide bonds. The molecule has 0 bridgehead atoms. The number of rotatable bonds is 7. The number of hydrogen-bond acceptors (Lipinski definition) is 3. The van der Waals surface area contributed by atoms with Crippen molar-refractivity contribution in [2.45, 2.75) is 39.3 Å². The van der Waals surface area contributed by atoms with Crippen LogP contribution in [-0.2, 0) is 6.54 Å². The molecule has 138 valence electrons. The Bertz CT molecular complexity index is 755. The van der Waals surface area contributed by atoms with Crippen LogP contribution in [0.2, 0.25) is 0 Å². The molecule has 2 aromatic rings. The number of aliphatic imine (C=N–C) groups is 1. The quantitative estimate of drug-likeness (QED) is 0.590. The second kappa shape index (κ2) is 8.70. The molecule has 1 atom stereocenters. The van der Waals surface area contributed by atoms with Gasteiger partial charge in [-0.1, -0.05) is 24.3 Å². The summed E-state index contributed by atoms with van der Waals surface area (Å²) in [6.07, 6.45) is 4.36. The Hall–Kier alpha value is -2.56. The lowest BCUT2D eigenvalue weighted by molar-refractivity contribution is 0.288. The first kappa shape index (κ1) is 18.2. The number of aromatic nitrogens is 1. The number of nitrogens with one attached hydrogen (secondary N) is 2. The van der Waals surface area contributed by atoms with Crippen molar-refractivity contribution in [2.24, 2.45) is 10.9 Å². The van der Waals surface area contributed by atoms with Gasteiger partial charge in [0.1, 0.15) is 0 Å². The summed E-state index contributed by atoms with van der Waals surface area (Å²) < 4.78 is 5.75. The molecule has 1 fully saturated rings. The van der Waals surface area contributed by atoms with Crippen LogP contribution in [-0.4, -0.2) is 24.6 Å². The molecule has 1 aliphatic rings. The highest BCUT2D eigenvalue weighted by atomic mass is 16.5. The maximum atomic E-state index is 5.75. The molecule has 0 aliphatic heterocycles. The van der Waals surface area contributed by atoms with Crippen LogP contribution in [0, 0.1) is 12.8 Å². The minimum Gasteiger partial charge on any atom is -0.477 e. The predicted molar refractivity (Wildman–Crippen MR) is 105 cm³/mol. The van der Waals surface area contributed by atoms with E-state index >= 15 is 0 Å². The fraction of sp³-hybridized carbons (Fsp3) is 0.429. The smallest absolute Gasteiger partial charge is 0.213 e. The molecule has 26 heavy (non-hydrogen) atoms. The molecule has 1 saturated carbocycles. The summed E-state index contributed by atoms with van der Waals surface area (Å²) in [4.78, 5) is 8.62. The van der Waals surface area contributed by atoms with Gasteiger partial charge in [0.15, 0.2) is 5.96 Å². The van der Waals surface area contributed by atoms with Crippen LogP contribution >= 0.6 is 0 Å². The van der Waals surface area contributed by atoms with Gasteiger partial charge in [0, 0.05) is 25.9 Å². The maximum Gasteiger partial charge on any atom is 0.213 e. The molecule has 1 unspecified atom stereocenters. The molecular weight excluding hydrogens is 324 g/mol. The van der Waals surface area contributed by atoms with Crippen molar-refractivity contribution in [3.05, 3.63) is 59.3 Å². The number of hydrogen-bond donors (Lipinski definition) is 2. The number of ether oxygens (including phenoxy) is 1. The van der Waals surface area contributed by atoms with Crippen molar-refractivity contribution in [1.29, 1.82) is 0 Å². The van der Waals surface area contributed by atoms with E-state index in [2.05, 4.69) is 58.7 Å². The summed E-state index contributed by atoms with van der Waals surface area (Å²) in [6, 6.07) is 12.6. The molecule has 5 heteroatoms. The number of nitrogens with zero attached hydrogens (tertiary/aromatic N) is 2. The molecular formula is C21H28N4O. The summed E-state index contributed by atoms with van der Waals surface area (Å²) >= 11 is 0. The summed E-state index contributed by atoms with van der Waals surface area (Å²) in [5, 5.41) is 6.81. The zero-order chi connectivity index (χ0) is 18.4. The van der Waals surface area contributed by atoms with E-state index in [1.54, 1.807) is 13.2 Å². The lowest BCUT2D eigenvalue weighted by Crippen LogP contribution is -2.38. The van der Waals surface area contributed by atoms with E-state index in [0.717, 1.165) is 24.0 Å². The van der Waals surface area contributed by atoms with Crippen LogP contribution in [0.3, 0.4) is 0 Å². The van der Waals surface area contributed by atoms with Crippen molar-refractivity contribution < 1.29 is 4.74 Å². The molecule has 1 aromatic carbocycles. The Balaban J connectivity index is 1.53. The van der Waals surface area contributed by atoms with Crippen molar-refractivity contribution >= 4 is 5.96 Å². The van der Waals surface area contributed by atoms with Gasteiger partial charge < -0.3 is 15.4 Å². The fourth-order valence-electron chi connectivity index (χ4n) is 2.86. The topological polar surface area (TPSA) is 58.5 Å². The number of pyridine rings is 1. The average molecular weight is 352 g/mol. The summed E-state index contributed by atoms with van der Waals surface area (Å²) in [6.45, 7) is 5.72. The third kappa shape index (κ3) is 5.22. The highest BCUT2D eigenvalue weighted by molar-refractivity contribution is 5.80. The van der Waals surface area contributed by atoms with Gasteiger partial charge >= 0.3 is 0 Å². The minimum atomic E-state index is 0.178. The monoisotopic (exact) mass is 352 g/mol. The number of guanidine groups is 1. The zero-order valence-electron chi connectivity index (χ0n) is 15.8. The Kier molecular flexibility index (Phi) is 6.10. The zero-order valence-corrected chi connectivity index (χ0v) is 15.8. The van der Waals surface area contributed by atoms with Gasteiger partial charge in [-0.05, 0) is 55.4 Å². The first-order valence-corrected chi connectivity index (χ1v) is 9.26. The van der Waals surface area contributed by atoms with Gasteiger partial charge in [0.2, 0.25) is 5.88 Å². The van der Waals surface area contributed by atoms with Crippen molar-refractivity contribution in [2.75, 3.05) is 13.7 Å². The van der Waals surface area contributed by atoms with Crippen LogP contribution < -0.4 is 15.4 Å². The molecule has 1 aliphatic carbocycles. The van der Waals surface area contributed by atoms with E-state index in [1.165, 1.54) is 24.0 Å². The highest BCUT2D eigenvalue weighted by Crippen LogP contribution is 2.29. The van der Waals surface area contributed by atoms with Gasteiger partial charge in [0.05, 0.1) is 12.6 Å². The van der Waals surface area contributed by atoms with Gasteiger partial charge in [-0.25, -0.2) is 4.98 Å². The predicted octanol–water partition coefficient (Wildman–Crippen LogP) is 3.61. The van der Waals surface area contributed by atoms with Crippen LogP contribution in [0.4, 0.5) is 0 Å². The first-order valence-electron chi connectivity index (χ1n) is 9.26. The molecule has 1 aromatic heterocycles. The van der Waals surface area contributed by atoms with Crippen LogP contribution in [0.5, 0.6) is 5.88 Å². The molecule has 1 heterocycles. The average Bonchev–Trinajstić information content (AvgIpc) is 3.48. The van der Waals surface area contributed by atoms with E-state index in [1.807, 2.05) is 12.1 Å². The molecule has 0 radical (unpaired) electrons. The van der Waals surface area contributed by atoms with Gasteiger partial charge in [-0.15, -0.1) is 0 Å². The first-order chi connectivity index (χ1) is 12.7. The Labute approximate surface area is 155 Å². The second-order valence-corrected chi connectivity index (χ2v) is 6.91. The largest absolute Gasteiger partial charge is 0.477 e. The third-order valence-electron chi connectivity index (χ3n) is 4.65. The Morgan fingerprint density at radius 2 is 2.12 bits per heavy atom. The third-order valence-corrected chi connectivity index (χ3v) is 4.65. The normalized spacial score (nSPS) is 15.4. The van der Waals surface area contributed by atoms with Crippen molar-refractivity contribution in [1.82, 2.24) is 15.6 Å². The van der Waals surface area contributed by atoms with E-state index in [4.69, 9.17) is 4.74 Å². The summed E-state index contributed by atoms with van der Waals surface area (Å²) in [5.74, 6) is 2.20. The van der Waals surface area contributed by atoms with E-state index in [0.29, 0.717) is 12.4 Å². The summed E-state index contributed by atoms with van der Waals surface area (Å²) in [5.41, 5.74) is 3.67. The minimum absolute atomic E-state index is 0.178. The SMILES string of the molecule is CN=C(NCc1ccnc(OCC2CC2)c1)NC(C)c1ccccc1C. The molecule has 3 rings (SSSR count). The van der Waals surface area contributed by atoms with Crippen molar-refractivity contribution in [3.8, 4) is 5.88 Å². The van der Waals surface area contributed by atoms with E-state index in [-0.39, 0.29) is 6.04 Å². The lowest BCUT2D eigenvalue weighted by Gasteiger charge is -2.20. The van der Waals surface area contributed by atoms with E-state index in [9.17, 15) is 0 Å². The highest BCUT2D eigenvalue weighted by Gasteiger charge is 2.22. The Morgan fingerprint density at radius 1 is 1.31 bits per heavy atom. The van der Waals surface area contributed by atoms with Crippen molar-refractivity contribution in [3.63, 3.8) is 0 Å². The molecule has 2 N–H and O–H groups in total. The van der Waals surface area contributed by atoms with Crippen LogP contribution in [0.25, 0.3) is 0 Å². The summed E-state index contributed by atoms with van der Waals surface area (Å²) in [7, 11) is 1.79. The van der Waals surface area contributed by atoms with Gasteiger partial charge in [-0.3, -0.25) is 4.99 Å². The fourth-order valence-corrected chi connectivity index (χ4v) is 2.86. The van der Waals surface area contributed by atoms with Gasteiger partial charge in [0.25, 0.3) is 0 Å². The Morgan fingerprint density at radius 3 is 2.85 bits per heavy atom. The second-order valence-electron chi connectivity index (χ2n) is 6.91. The molecule has 5 nitrogen and oxygen atoms in total. The van der Waals surface area contributed by atoms with E-state index < -0.39 is 0 Å². The number of aryl methyl sites for hydroxylation is 1. The lowest BCUT2D eigenvalue weighted by atomic mass is 10.0. The standard InChI is InChI=1S/C21H28N4O/c1-15-6-4-5-7-19(15)16(2)25-21(22-3)24-13-18-10-11-23-20(12-18)26-14-17-8-9-17/h4-7,10-12,16-17H,8-9,13-14H2,1-3H3,(H2,22,24,25). The van der Waals surface area contributed by atoms with Crippen LogP contribution in [0.1, 0.15) is 42.5 Å². The molecule has 0 spiro atoms. The van der Waals surface area contributed by atoms with Gasteiger partial charge in [-0.2, -0.15) is 0 Å². The maximum absolute atomic E-state index is 5.75. The van der Waals surface area contributed by atoms with Crippen LogP contribution in [0.15, 0.2) is 47.6 Å².